The minimum absolute atomic E-state index is 0. The van der Waals surface area contributed by atoms with Gasteiger partial charge in [0.25, 0.3) is 0 Å². The van der Waals surface area contributed by atoms with Gasteiger partial charge in [-0.15, -0.1) is 12.4 Å². The van der Waals surface area contributed by atoms with Gasteiger partial charge in [-0.3, -0.25) is 5.10 Å². The molecule has 1 saturated heterocycles. The van der Waals surface area contributed by atoms with Crippen molar-refractivity contribution in [1.29, 1.82) is 0 Å². The van der Waals surface area contributed by atoms with Crippen molar-refractivity contribution in [2.24, 2.45) is 11.8 Å². The Hall–Kier alpha value is -0.810. The van der Waals surface area contributed by atoms with Gasteiger partial charge in [-0.05, 0) is 49.9 Å². The van der Waals surface area contributed by atoms with Crippen LogP contribution in [0.15, 0.2) is 18.3 Å². The topological polar surface area (TPSA) is 60.9 Å². The molecule has 3 atom stereocenters. The molecule has 0 unspecified atom stereocenters. The molecule has 2 heterocycles. The van der Waals surface area contributed by atoms with E-state index in [0.29, 0.717) is 16.9 Å². The van der Waals surface area contributed by atoms with Gasteiger partial charge in [-0.25, -0.2) is 0 Å². The molecular formula is C14H17Cl2N3O. The van der Waals surface area contributed by atoms with Crippen LogP contribution < -0.4 is 5.32 Å². The van der Waals surface area contributed by atoms with E-state index in [9.17, 15) is 5.11 Å². The minimum Gasteiger partial charge on any atom is -0.385 e. The van der Waals surface area contributed by atoms with Crippen LogP contribution in [0.25, 0.3) is 10.9 Å². The Labute approximate surface area is 128 Å². The van der Waals surface area contributed by atoms with E-state index in [-0.39, 0.29) is 12.4 Å². The number of hydrogen-bond acceptors (Lipinski definition) is 3. The molecule has 0 radical (unpaired) electrons. The Kier molecular flexibility index (Phi) is 3.45. The van der Waals surface area contributed by atoms with Gasteiger partial charge in [-0.2, -0.15) is 5.10 Å². The number of aromatic amines is 1. The van der Waals surface area contributed by atoms with Crippen molar-refractivity contribution in [3.63, 3.8) is 0 Å². The summed E-state index contributed by atoms with van der Waals surface area (Å²) >= 11 is 6.18. The summed E-state index contributed by atoms with van der Waals surface area (Å²) in [6, 6.07) is 3.77. The van der Waals surface area contributed by atoms with Gasteiger partial charge in [0.1, 0.15) is 0 Å². The number of rotatable bonds is 1. The Balaban J connectivity index is 0.00000121. The maximum Gasteiger partial charge on any atom is 0.0924 e. The maximum absolute atomic E-state index is 11.1. The Bertz CT molecular complexity index is 630. The first-order chi connectivity index (χ1) is 9.16. The largest absolute Gasteiger partial charge is 0.385 e. The molecule has 0 amide bonds. The summed E-state index contributed by atoms with van der Waals surface area (Å²) in [6.07, 6.45) is 3.36. The summed E-state index contributed by atoms with van der Waals surface area (Å²) in [7, 11) is 0. The molecule has 0 spiro atoms. The minimum atomic E-state index is -0.771. The summed E-state index contributed by atoms with van der Waals surface area (Å²) < 4.78 is 0. The number of benzene rings is 1. The van der Waals surface area contributed by atoms with E-state index in [1.807, 2.05) is 12.1 Å². The fraction of sp³-hybridized carbons (Fsp3) is 0.500. The smallest absolute Gasteiger partial charge is 0.0924 e. The predicted molar refractivity (Wildman–Crippen MR) is 81.3 cm³/mol. The number of fused-ring (bicyclic) bond motifs is 2. The molecule has 1 saturated carbocycles. The molecule has 2 aromatic rings. The van der Waals surface area contributed by atoms with E-state index < -0.39 is 5.60 Å². The lowest BCUT2D eigenvalue weighted by Gasteiger charge is -2.25. The number of aliphatic hydroxyl groups is 1. The highest BCUT2D eigenvalue weighted by molar-refractivity contribution is 6.31. The summed E-state index contributed by atoms with van der Waals surface area (Å²) in [5.74, 6) is 1.14. The van der Waals surface area contributed by atoms with E-state index in [2.05, 4.69) is 15.5 Å². The maximum atomic E-state index is 11.1. The first kappa shape index (κ1) is 14.1. The second-order valence-electron chi connectivity index (χ2n) is 5.91. The molecular weight excluding hydrogens is 297 g/mol. The van der Waals surface area contributed by atoms with Crippen molar-refractivity contribution in [2.75, 3.05) is 13.1 Å². The van der Waals surface area contributed by atoms with E-state index >= 15 is 0 Å². The van der Waals surface area contributed by atoms with Crippen LogP contribution in [0.3, 0.4) is 0 Å². The number of H-pyrrole nitrogens is 1. The van der Waals surface area contributed by atoms with Crippen LogP contribution in [0.1, 0.15) is 18.4 Å². The summed E-state index contributed by atoms with van der Waals surface area (Å²) in [5, 5.41) is 23.2. The quantitative estimate of drug-likeness (QED) is 0.758. The third-order valence-corrected chi connectivity index (χ3v) is 4.91. The van der Waals surface area contributed by atoms with Crippen LogP contribution in [0.5, 0.6) is 0 Å². The molecule has 2 fully saturated rings. The monoisotopic (exact) mass is 313 g/mol. The molecule has 1 aliphatic heterocycles. The molecule has 1 aromatic heterocycles. The van der Waals surface area contributed by atoms with Gasteiger partial charge in [-0.1, -0.05) is 11.6 Å². The average Bonchev–Trinajstić information content (AvgIpc) is 3.01. The zero-order chi connectivity index (χ0) is 13.0. The molecule has 1 aromatic carbocycles. The van der Waals surface area contributed by atoms with Crippen molar-refractivity contribution in [3.8, 4) is 0 Å². The van der Waals surface area contributed by atoms with Crippen LogP contribution in [0.2, 0.25) is 5.02 Å². The van der Waals surface area contributed by atoms with Crippen molar-refractivity contribution in [2.45, 2.75) is 18.4 Å². The highest BCUT2D eigenvalue weighted by Gasteiger charge is 2.47. The number of aromatic nitrogens is 2. The number of halogens is 2. The summed E-state index contributed by atoms with van der Waals surface area (Å²) in [5.41, 5.74) is 1.05. The molecule has 20 heavy (non-hydrogen) atoms. The highest BCUT2D eigenvalue weighted by Crippen LogP contribution is 2.48. The second-order valence-corrected chi connectivity index (χ2v) is 6.34. The van der Waals surface area contributed by atoms with Gasteiger partial charge < -0.3 is 10.4 Å². The molecule has 2 aliphatic rings. The van der Waals surface area contributed by atoms with Gasteiger partial charge in [0.2, 0.25) is 0 Å². The molecule has 4 nitrogen and oxygen atoms in total. The second kappa shape index (κ2) is 4.88. The molecule has 0 bridgehead atoms. The lowest BCUT2D eigenvalue weighted by atomic mass is 9.89. The molecule has 3 N–H and O–H groups in total. The fourth-order valence-corrected chi connectivity index (χ4v) is 4.05. The summed E-state index contributed by atoms with van der Waals surface area (Å²) in [4.78, 5) is 0. The lowest BCUT2D eigenvalue weighted by molar-refractivity contribution is 0.0372. The number of nitrogens with one attached hydrogen (secondary N) is 2. The molecule has 108 valence electrons. The normalized spacial score (nSPS) is 32.3. The fourth-order valence-electron chi connectivity index (χ4n) is 3.82. The van der Waals surface area contributed by atoms with Crippen LogP contribution in [-0.4, -0.2) is 28.4 Å². The van der Waals surface area contributed by atoms with Crippen LogP contribution in [0, 0.1) is 11.8 Å². The van der Waals surface area contributed by atoms with Crippen molar-refractivity contribution in [3.05, 3.63) is 28.9 Å². The third-order valence-electron chi connectivity index (χ3n) is 4.69. The zero-order valence-corrected chi connectivity index (χ0v) is 12.5. The zero-order valence-electron chi connectivity index (χ0n) is 10.9. The van der Waals surface area contributed by atoms with E-state index in [0.717, 1.165) is 42.4 Å². The lowest BCUT2D eigenvalue weighted by Crippen LogP contribution is -2.26. The van der Waals surface area contributed by atoms with Crippen molar-refractivity contribution < 1.29 is 5.11 Å². The Morgan fingerprint density at radius 1 is 1.25 bits per heavy atom. The third kappa shape index (κ3) is 2.02. The molecule has 6 heteroatoms. The van der Waals surface area contributed by atoms with Crippen molar-refractivity contribution >= 4 is 34.9 Å². The predicted octanol–water partition coefficient (Wildman–Crippen LogP) is 2.46. The molecule has 1 aliphatic carbocycles. The van der Waals surface area contributed by atoms with Gasteiger partial charge in [0.05, 0.1) is 17.3 Å². The number of hydrogen-bond donors (Lipinski definition) is 3. The summed E-state index contributed by atoms with van der Waals surface area (Å²) in [6.45, 7) is 2.03. The van der Waals surface area contributed by atoms with Crippen molar-refractivity contribution in [1.82, 2.24) is 15.5 Å². The SMILES string of the molecule is Cl.O[C@@]1(c2cc(Cl)cc3cn[nH]c23)C[C@H]2CNC[C@H]2C1. The van der Waals surface area contributed by atoms with Crippen LogP contribution >= 0.6 is 24.0 Å². The first-order valence-corrected chi connectivity index (χ1v) is 7.10. The van der Waals surface area contributed by atoms with Crippen LogP contribution in [0.4, 0.5) is 0 Å². The highest BCUT2D eigenvalue weighted by atomic mass is 35.5. The van der Waals surface area contributed by atoms with Gasteiger partial charge >= 0.3 is 0 Å². The standard InChI is InChI=1S/C14H16ClN3O.ClH/c15-11-1-8-7-17-18-13(8)12(2-11)14(19)3-9-5-16-6-10(9)4-14;/h1-2,7,9-10,16,19H,3-6H2,(H,17,18);1H/t9-,10+,14-;. The van der Waals surface area contributed by atoms with Crippen LogP contribution in [-0.2, 0) is 5.60 Å². The Morgan fingerprint density at radius 3 is 2.65 bits per heavy atom. The van der Waals surface area contributed by atoms with Gasteiger partial charge in [0.15, 0.2) is 0 Å². The van der Waals surface area contributed by atoms with E-state index in [1.54, 1.807) is 6.20 Å². The van der Waals surface area contributed by atoms with E-state index in [1.165, 1.54) is 0 Å². The van der Waals surface area contributed by atoms with E-state index in [4.69, 9.17) is 11.6 Å². The Morgan fingerprint density at radius 2 is 1.95 bits per heavy atom. The first-order valence-electron chi connectivity index (χ1n) is 6.72. The average molecular weight is 314 g/mol. The molecule has 4 rings (SSSR count). The number of nitrogens with zero attached hydrogens (tertiary/aromatic N) is 1. The van der Waals surface area contributed by atoms with Gasteiger partial charge in [0, 0.05) is 16.0 Å².